The van der Waals surface area contributed by atoms with Gasteiger partial charge in [-0.1, -0.05) is 12.1 Å². The van der Waals surface area contributed by atoms with Gasteiger partial charge in [-0.15, -0.1) is 0 Å². The highest BCUT2D eigenvalue weighted by Crippen LogP contribution is 2.42. The topological polar surface area (TPSA) is 52.6 Å². The van der Waals surface area contributed by atoms with Gasteiger partial charge in [0.1, 0.15) is 11.5 Å². The van der Waals surface area contributed by atoms with Gasteiger partial charge in [0.25, 0.3) is 0 Å². The molecule has 4 heterocycles. The number of rotatable bonds is 0. The maximum Gasteiger partial charge on any atom is 0.182 e. The molecule has 0 bridgehead atoms. The first kappa shape index (κ1) is 12.3. The molecule has 0 aliphatic carbocycles. The van der Waals surface area contributed by atoms with Crippen LogP contribution in [0, 0.1) is 13.8 Å². The zero-order valence-corrected chi connectivity index (χ0v) is 13.1. The maximum atomic E-state index is 6.16. The molecule has 0 aliphatic rings. The summed E-state index contributed by atoms with van der Waals surface area (Å²) in [6, 6.07) is 12.1. The van der Waals surface area contributed by atoms with Crippen molar-refractivity contribution in [3.8, 4) is 0 Å². The van der Waals surface area contributed by atoms with Crippen molar-refractivity contribution in [2.75, 3.05) is 0 Å². The minimum Gasteiger partial charge on any atom is -0.457 e. The fourth-order valence-corrected chi connectivity index (χ4v) is 3.62. The minimum atomic E-state index is 0.729. The number of fused-ring (bicyclic) bond motifs is 9. The lowest BCUT2D eigenvalue weighted by molar-refractivity contribution is 0.568. The Labute approximate surface area is 135 Å². The molecule has 2 aromatic carbocycles. The lowest BCUT2D eigenvalue weighted by atomic mass is 10.2. The van der Waals surface area contributed by atoms with Crippen LogP contribution in [0.1, 0.15) is 11.5 Å². The van der Waals surface area contributed by atoms with Crippen LogP contribution >= 0.6 is 0 Å². The van der Waals surface area contributed by atoms with Gasteiger partial charge in [0.05, 0.1) is 10.8 Å². The summed E-state index contributed by atoms with van der Waals surface area (Å²) in [5, 5.41) is 3.90. The van der Waals surface area contributed by atoms with Crippen LogP contribution in [0.3, 0.4) is 0 Å². The van der Waals surface area contributed by atoms with E-state index in [1.807, 2.05) is 50.2 Å². The average molecular weight is 316 g/mol. The summed E-state index contributed by atoms with van der Waals surface area (Å²) in [5.74, 6) is 1.73. The Bertz CT molecular complexity index is 1310. The zero-order valence-electron chi connectivity index (χ0n) is 13.1. The molecule has 0 amide bonds. The van der Waals surface area contributed by atoms with Crippen LogP contribution in [0.2, 0.25) is 0 Å². The third kappa shape index (κ3) is 1.35. The monoisotopic (exact) mass is 316 g/mol. The van der Waals surface area contributed by atoms with Crippen molar-refractivity contribution in [3.05, 3.63) is 47.9 Å². The van der Waals surface area contributed by atoms with E-state index in [1.54, 1.807) is 0 Å². The van der Waals surface area contributed by atoms with Crippen molar-refractivity contribution in [2.24, 2.45) is 0 Å². The SMILES string of the molecule is Cc1cc2ccc3c(oc4c5ccc6cc(C)oc6c5oc34)c2o1. The molecule has 0 fully saturated rings. The highest BCUT2D eigenvalue weighted by Gasteiger charge is 2.21. The van der Waals surface area contributed by atoms with E-state index in [0.29, 0.717) is 0 Å². The third-order valence-electron chi connectivity index (χ3n) is 4.63. The Balaban J connectivity index is 1.85. The summed E-state index contributed by atoms with van der Waals surface area (Å²) in [7, 11) is 0. The quantitative estimate of drug-likeness (QED) is 0.323. The van der Waals surface area contributed by atoms with E-state index < -0.39 is 0 Å². The average Bonchev–Trinajstić information content (AvgIpc) is 3.25. The first-order valence-electron chi connectivity index (χ1n) is 7.86. The van der Waals surface area contributed by atoms with E-state index in [-0.39, 0.29) is 0 Å². The predicted octanol–water partition coefficient (Wildman–Crippen LogP) is 6.44. The van der Waals surface area contributed by atoms with E-state index in [1.165, 1.54) is 0 Å². The van der Waals surface area contributed by atoms with Crippen LogP contribution in [0.5, 0.6) is 0 Å². The molecule has 4 aromatic heterocycles. The summed E-state index contributed by atoms with van der Waals surface area (Å²) < 4.78 is 23.9. The maximum absolute atomic E-state index is 6.16. The second kappa shape index (κ2) is 3.85. The van der Waals surface area contributed by atoms with E-state index in [2.05, 4.69) is 0 Å². The lowest BCUT2D eigenvalue weighted by Gasteiger charge is -1.92. The van der Waals surface area contributed by atoms with Gasteiger partial charge >= 0.3 is 0 Å². The third-order valence-corrected chi connectivity index (χ3v) is 4.63. The number of hydrogen-bond acceptors (Lipinski definition) is 4. The molecule has 4 nitrogen and oxygen atoms in total. The van der Waals surface area contributed by atoms with Crippen LogP contribution in [-0.4, -0.2) is 0 Å². The molecule has 6 rings (SSSR count). The van der Waals surface area contributed by atoms with Crippen LogP contribution in [0.4, 0.5) is 0 Å². The largest absolute Gasteiger partial charge is 0.457 e. The Morgan fingerprint density at radius 3 is 1.38 bits per heavy atom. The summed E-state index contributed by atoms with van der Waals surface area (Å²) in [5.41, 5.74) is 4.45. The first-order chi connectivity index (χ1) is 11.7. The number of aryl methyl sites for hydroxylation is 2. The summed E-state index contributed by atoms with van der Waals surface area (Å²) in [6.07, 6.45) is 0. The molecule has 0 unspecified atom stereocenters. The standard InChI is InChI=1S/C20H12O4/c1-9-7-11-3-5-13-17(15(11)21-9)23-20-14-6-4-12-8-10(2)22-16(12)18(14)24-19(13)20/h3-8H,1-2H3. The molecular weight excluding hydrogens is 304 g/mol. The van der Waals surface area contributed by atoms with Crippen molar-refractivity contribution in [1.29, 1.82) is 0 Å². The van der Waals surface area contributed by atoms with Crippen molar-refractivity contribution >= 4 is 55.0 Å². The second-order valence-corrected chi connectivity index (χ2v) is 6.30. The highest BCUT2D eigenvalue weighted by molar-refractivity contribution is 6.20. The molecule has 0 saturated heterocycles. The van der Waals surface area contributed by atoms with Gasteiger partial charge in [0.15, 0.2) is 33.5 Å². The molecule has 0 spiro atoms. The summed E-state index contributed by atoms with van der Waals surface area (Å²) in [6.45, 7) is 3.87. The fourth-order valence-electron chi connectivity index (χ4n) is 3.62. The number of furan rings is 4. The Morgan fingerprint density at radius 1 is 0.500 bits per heavy atom. The van der Waals surface area contributed by atoms with Gasteiger partial charge in [-0.2, -0.15) is 0 Å². The number of benzene rings is 2. The van der Waals surface area contributed by atoms with Crippen LogP contribution in [-0.2, 0) is 0 Å². The molecule has 0 saturated carbocycles. The fraction of sp³-hybridized carbons (Fsp3) is 0.100. The molecule has 116 valence electrons. The van der Waals surface area contributed by atoms with Crippen LogP contribution in [0.15, 0.2) is 54.1 Å². The molecular formula is C20H12O4. The highest BCUT2D eigenvalue weighted by atomic mass is 16.4. The second-order valence-electron chi connectivity index (χ2n) is 6.30. The van der Waals surface area contributed by atoms with Crippen LogP contribution in [0.25, 0.3) is 55.0 Å². The van der Waals surface area contributed by atoms with E-state index in [0.717, 1.165) is 66.6 Å². The van der Waals surface area contributed by atoms with Crippen molar-refractivity contribution < 1.29 is 17.7 Å². The minimum absolute atomic E-state index is 0.729. The van der Waals surface area contributed by atoms with Gasteiger partial charge in [-0.3, -0.25) is 0 Å². The molecule has 0 N–H and O–H groups in total. The van der Waals surface area contributed by atoms with Gasteiger partial charge in [0.2, 0.25) is 0 Å². The lowest BCUT2D eigenvalue weighted by Crippen LogP contribution is -1.68. The molecule has 0 radical (unpaired) electrons. The Hall–Kier alpha value is -3.14. The Morgan fingerprint density at radius 2 is 0.917 bits per heavy atom. The Kier molecular flexibility index (Phi) is 1.97. The van der Waals surface area contributed by atoms with Gasteiger partial charge < -0.3 is 17.7 Å². The van der Waals surface area contributed by atoms with Crippen molar-refractivity contribution in [2.45, 2.75) is 13.8 Å². The molecule has 6 aromatic rings. The normalized spacial score (nSPS) is 12.6. The zero-order chi connectivity index (χ0) is 16.0. The van der Waals surface area contributed by atoms with Crippen LogP contribution < -0.4 is 0 Å². The summed E-state index contributed by atoms with van der Waals surface area (Å²) in [4.78, 5) is 0. The van der Waals surface area contributed by atoms with E-state index in [9.17, 15) is 0 Å². The van der Waals surface area contributed by atoms with Gasteiger partial charge in [-0.05, 0) is 38.1 Å². The van der Waals surface area contributed by atoms with Gasteiger partial charge in [0, 0.05) is 10.8 Å². The molecule has 0 atom stereocenters. The van der Waals surface area contributed by atoms with Crippen molar-refractivity contribution in [3.63, 3.8) is 0 Å². The smallest absolute Gasteiger partial charge is 0.182 e. The van der Waals surface area contributed by atoms with Crippen molar-refractivity contribution in [1.82, 2.24) is 0 Å². The number of hydrogen-bond donors (Lipinski definition) is 0. The van der Waals surface area contributed by atoms with E-state index >= 15 is 0 Å². The predicted molar refractivity (Wildman–Crippen MR) is 92.5 cm³/mol. The molecule has 24 heavy (non-hydrogen) atoms. The van der Waals surface area contributed by atoms with Gasteiger partial charge in [-0.25, -0.2) is 0 Å². The first-order valence-corrected chi connectivity index (χ1v) is 7.86. The summed E-state index contributed by atoms with van der Waals surface area (Å²) >= 11 is 0. The van der Waals surface area contributed by atoms with E-state index in [4.69, 9.17) is 17.7 Å². The molecule has 4 heteroatoms. The molecule has 0 aliphatic heterocycles.